The van der Waals surface area contributed by atoms with Gasteiger partial charge in [-0.25, -0.2) is 9.37 Å². The van der Waals surface area contributed by atoms with Crippen molar-refractivity contribution >= 4 is 11.8 Å². The number of aromatic amines is 1. The summed E-state index contributed by atoms with van der Waals surface area (Å²) in [5.41, 5.74) is 0.538. The summed E-state index contributed by atoms with van der Waals surface area (Å²) < 4.78 is 62.1. The lowest BCUT2D eigenvalue weighted by molar-refractivity contribution is -0.232. The van der Waals surface area contributed by atoms with Crippen LogP contribution in [-0.2, 0) is 9.53 Å². The van der Waals surface area contributed by atoms with E-state index >= 15 is 0 Å². The highest BCUT2D eigenvalue weighted by Crippen LogP contribution is 2.30. The molecule has 2 aromatic rings. The quantitative estimate of drug-likeness (QED) is 0.613. The number of pyridine rings is 1. The molecule has 13 heteroatoms. The van der Waals surface area contributed by atoms with Crippen LogP contribution < -0.4 is 10.1 Å². The van der Waals surface area contributed by atoms with E-state index in [4.69, 9.17) is 9.47 Å². The number of aromatic nitrogens is 3. The van der Waals surface area contributed by atoms with Crippen molar-refractivity contribution in [3.8, 4) is 17.1 Å². The van der Waals surface area contributed by atoms with Gasteiger partial charge in [0.1, 0.15) is 5.69 Å². The summed E-state index contributed by atoms with van der Waals surface area (Å²) in [5.74, 6) is -1.34. The molecule has 35 heavy (non-hydrogen) atoms. The molecule has 0 radical (unpaired) electrons. The van der Waals surface area contributed by atoms with Gasteiger partial charge in [0.15, 0.2) is 11.9 Å². The number of piperidine rings is 1. The Labute approximate surface area is 198 Å². The van der Waals surface area contributed by atoms with Gasteiger partial charge in [-0.15, -0.1) is 0 Å². The summed E-state index contributed by atoms with van der Waals surface area (Å²) in [7, 11) is 1.40. The summed E-state index contributed by atoms with van der Waals surface area (Å²) in [5, 5.41) is 9.42. The summed E-state index contributed by atoms with van der Waals surface area (Å²) in [4.78, 5) is 30.8. The van der Waals surface area contributed by atoms with Gasteiger partial charge in [-0.05, 0) is 31.7 Å². The van der Waals surface area contributed by atoms with E-state index in [1.165, 1.54) is 19.2 Å². The Balaban J connectivity index is 1.28. The molecular weight excluding hydrogens is 474 g/mol. The number of nitrogens with zero attached hydrogens (tertiary/aromatic N) is 3. The van der Waals surface area contributed by atoms with E-state index < -0.39 is 24.1 Å². The fourth-order valence-corrected chi connectivity index (χ4v) is 4.25. The number of rotatable bonds is 5. The van der Waals surface area contributed by atoms with Crippen LogP contribution in [0.25, 0.3) is 11.3 Å². The summed E-state index contributed by atoms with van der Waals surface area (Å²) in [6.07, 6.45) is -4.36. The first-order valence-electron chi connectivity index (χ1n) is 11.2. The largest absolute Gasteiger partial charge is 0.481 e. The summed E-state index contributed by atoms with van der Waals surface area (Å²) in [6.45, 7) is 0.458. The van der Waals surface area contributed by atoms with E-state index in [-0.39, 0.29) is 60.0 Å². The highest BCUT2D eigenvalue weighted by molar-refractivity contribution is 5.93. The molecule has 4 heterocycles. The van der Waals surface area contributed by atoms with E-state index in [1.807, 2.05) is 0 Å². The van der Waals surface area contributed by atoms with Gasteiger partial charge in [0, 0.05) is 30.6 Å². The number of nitrogens with one attached hydrogen (secondary N) is 2. The lowest BCUT2D eigenvalue weighted by Crippen LogP contribution is -2.49. The molecule has 0 unspecified atom stereocenters. The number of ether oxygens (including phenoxy) is 2. The molecule has 0 aliphatic carbocycles. The zero-order valence-electron chi connectivity index (χ0n) is 18.9. The lowest BCUT2D eigenvalue weighted by Gasteiger charge is -2.34. The third kappa shape index (κ3) is 5.72. The van der Waals surface area contributed by atoms with E-state index in [1.54, 1.807) is 4.90 Å². The lowest BCUT2D eigenvalue weighted by atomic mass is 9.94. The number of H-pyrrole nitrogens is 1. The van der Waals surface area contributed by atoms with Gasteiger partial charge in [-0.3, -0.25) is 14.7 Å². The number of halogens is 4. The second kappa shape index (κ2) is 10.2. The minimum absolute atomic E-state index is 0.135. The first-order valence-corrected chi connectivity index (χ1v) is 11.2. The fraction of sp³-hybridized carbons (Fsp3) is 0.545. The number of carbonyl (C=O) groups is 2. The molecule has 9 nitrogen and oxygen atoms in total. The number of carbonyl (C=O) groups excluding carboxylic acids is 2. The van der Waals surface area contributed by atoms with Crippen LogP contribution in [0, 0.1) is 11.7 Å². The monoisotopic (exact) mass is 499 g/mol. The minimum Gasteiger partial charge on any atom is -0.481 e. The molecule has 2 atom stereocenters. The maximum absolute atomic E-state index is 14.2. The number of alkyl halides is 3. The van der Waals surface area contributed by atoms with Crippen molar-refractivity contribution in [3.05, 3.63) is 29.8 Å². The van der Waals surface area contributed by atoms with Gasteiger partial charge < -0.3 is 19.7 Å². The molecule has 2 aliphatic heterocycles. The smallest absolute Gasteiger partial charge is 0.414 e. The van der Waals surface area contributed by atoms with Crippen molar-refractivity contribution in [1.82, 2.24) is 25.4 Å². The number of methoxy groups -OCH3 is 1. The van der Waals surface area contributed by atoms with Gasteiger partial charge in [0.2, 0.25) is 11.8 Å². The molecule has 0 aromatic carbocycles. The Bertz CT molecular complexity index is 1060. The molecule has 2 amide bonds. The Morgan fingerprint density at radius 3 is 2.57 bits per heavy atom. The molecule has 2 aromatic heterocycles. The van der Waals surface area contributed by atoms with Crippen molar-refractivity contribution in [2.24, 2.45) is 5.92 Å². The van der Waals surface area contributed by atoms with E-state index in [0.29, 0.717) is 25.9 Å². The zero-order chi connectivity index (χ0) is 25.2. The van der Waals surface area contributed by atoms with Crippen LogP contribution in [-0.4, -0.2) is 77.0 Å². The maximum atomic E-state index is 14.2. The predicted molar refractivity (Wildman–Crippen MR) is 114 cm³/mol. The van der Waals surface area contributed by atoms with Gasteiger partial charge in [-0.2, -0.15) is 18.3 Å². The number of hydrogen-bond acceptors (Lipinski definition) is 6. The average molecular weight is 499 g/mol. The van der Waals surface area contributed by atoms with Gasteiger partial charge in [-0.1, -0.05) is 0 Å². The fourth-order valence-electron chi connectivity index (χ4n) is 4.25. The van der Waals surface area contributed by atoms with Crippen molar-refractivity contribution < 1.29 is 36.6 Å². The molecule has 4 rings (SSSR count). The van der Waals surface area contributed by atoms with Crippen LogP contribution in [0.4, 0.5) is 17.6 Å². The summed E-state index contributed by atoms with van der Waals surface area (Å²) >= 11 is 0. The second-order valence-corrected chi connectivity index (χ2v) is 8.59. The topological polar surface area (TPSA) is 109 Å². The number of likely N-dealkylation sites (tertiary alicyclic amines) is 1. The molecule has 0 spiro atoms. The average Bonchev–Trinajstić information content (AvgIpc) is 3.34. The van der Waals surface area contributed by atoms with Crippen LogP contribution in [0.3, 0.4) is 0 Å². The Kier molecular flexibility index (Phi) is 7.24. The first-order chi connectivity index (χ1) is 16.7. The zero-order valence-corrected chi connectivity index (χ0v) is 18.9. The van der Waals surface area contributed by atoms with Crippen LogP contribution in [0.15, 0.2) is 18.3 Å². The highest BCUT2D eigenvalue weighted by Gasteiger charge is 2.43. The molecule has 2 fully saturated rings. The Hall–Kier alpha value is -3.22. The van der Waals surface area contributed by atoms with Crippen molar-refractivity contribution in [2.75, 3.05) is 26.8 Å². The first kappa shape index (κ1) is 24.9. The Morgan fingerprint density at radius 1 is 1.20 bits per heavy atom. The SMILES string of the molecule is COc1cc(-c2cc(C(=O)N3CCC(C(=O)N[C@@H]4CC[C@H](C(F)(F)F)OC4)CC3)[nH]n2)c(F)cn1. The molecular formula is C22H25F4N5O4. The third-order valence-electron chi connectivity index (χ3n) is 6.26. The van der Waals surface area contributed by atoms with Gasteiger partial charge in [0.25, 0.3) is 5.91 Å². The minimum atomic E-state index is -4.40. The van der Waals surface area contributed by atoms with E-state index in [0.717, 1.165) is 6.20 Å². The van der Waals surface area contributed by atoms with Crippen molar-refractivity contribution in [2.45, 2.75) is 44.0 Å². The Morgan fingerprint density at radius 2 is 1.94 bits per heavy atom. The van der Waals surface area contributed by atoms with Crippen molar-refractivity contribution in [3.63, 3.8) is 0 Å². The molecule has 190 valence electrons. The van der Waals surface area contributed by atoms with Crippen LogP contribution in [0.2, 0.25) is 0 Å². The van der Waals surface area contributed by atoms with Crippen LogP contribution in [0.5, 0.6) is 5.88 Å². The molecule has 0 bridgehead atoms. The molecule has 2 N–H and O–H groups in total. The molecule has 2 saturated heterocycles. The standard InChI is InChI=1S/C22H25F4N5O4/c1-34-19-8-14(15(23)10-27-19)16-9-17(30-29-16)21(33)31-6-4-12(5-7-31)20(32)28-13-2-3-18(35-11-13)22(24,25)26/h8-10,12-13,18H,2-7,11H2,1H3,(H,28,32)(H,29,30)/t13-,18-/m1/s1. The number of amides is 2. The van der Waals surface area contributed by atoms with Crippen LogP contribution >= 0.6 is 0 Å². The normalized spacial score (nSPS) is 21.6. The van der Waals surface area contributed by atoms with Gasteiger partial charge >= 0.3 is 6.18 Å². The molecule has 2 aliphatic rings. The van der Waals surface area contributed by atoms with Gasteiger partial charge in [0.05, 0.1) is 31.6 Å². The number of hydrogen-bond donors (Lipinski definition) is 2. The molecule has 0 saturated carbocycles. The second-order valence-electron chi connectivity index (χ2n) is 8.59. The van der Waals surface area contributed by atoms with Crippen molar-refractivity contribution in [1.29, 1.82) is 0 Å². The maximum Gasteiger partial charge on any atom is 0.414 e. The van der Waals surface area contributed by atoms with E-state index in [2.05, 4.69) is 20.5 Å². The summed E-state index contributed by atoms with van der Waals surface area (Å²) in [6, 6.07) is 2.36. The highest BCUT2D eigenvalue weighted by atomic mass is 19.4. The van der Waals surface area contributed by atoms with Crippen LogP contribution in [0.1, 0.15) is 36.2 Å². The third-order valence-corrected chi connectivity index (χ3v) is 6.26. The predicted octanol–water partition coefficient (Wildman–Crippen LogP) is 2.70. The van der Waals surface area contributed by atoms with E-state index in [9.17, 15) is 27.2 Å².